The van der Waals surface area contributed by atoms with E-state index in [-0.39, 0.29) is 0 Å². The van der Waals surface area contributed by atoms with E-state index >= 15 is 0 Å². The zero-order chi connectivity index (χ0) is 19.3. The molecule has 0 aliphatic carbocycles. The topological polar surface area (TPSA) is 29.9 Å². The van der Waals surface area contributed by atoms with E-state index in [1.807, 2.05) is 0 Å². The number of benzene rings is 1. The fourth-order valence-corrected chi connectivity index (χ4v) is 3.84. The Morgan fingerprint density at radius 1 is 0.963 bits per heavy atom. The molecule has 0 fully saturated rings. The van der Waals surface area contributed by atoms with Crippen molar-refractivity contribution in [2.45, 2.75) is 41.0 Å². The Hall–Kier alpha value is -2.68. The van der Waals surface area contributed by atoms with Gasteiger partial charge in [0.15, 0.2) is 11.8 Å². The van der Waals surface area contributed by atoms with Crippen LogP contribution in [0.4, 0.5) is 0 Å². The second kappa shape index (κ2) is 6.49. The molecule has 1 aromatic carbocycles. The van der Waals surface area contributed by atoms with Crippen molar-refractivity contribution in [1.29, 1.82) is 0 Å². The molecule has 3 nitrogen and oxygen atoms in total. The average molecular weight is 359 g/mol. The number of furan rings is 1. The first-order chi connectivity index (χ1) is 12.8. The number of fused-ring (bicyclic) bond motifs is 3. The van der Waals surface area contributed by atoms with E-state index in [1.165, 1.54) is 22.4 Å². The van der Waals surface area contributed by atoms with Crippen LogP contribution in [0.2, 0.25) is 0 Å². The highest BCUT2D eigenvalue weighted by molar-refractivity contribution is 6.08. The lowest BCUT2D eigenvalue weighted by atomic mass is 9.99. The Morgan fingerprint density at radius 2 is 1.70 bits per heavy atom. The highest BCUT2D eigenvalue weighted by Crippen LogP contribution is 2.36. The molecule has 0 saturated heterocycles. The molecule has 0 N–H and O–H groups in total. The molecule has 0 aliphatic rings. The number of rotatable bonds is 3. The molecule has 3 heteroatoms. The summed E-state index contributed by atoms with van der Waals surface area (Å²) in [6.07, 6.45) is 3.15. The van der Waals surface area contributed by atoms with Gasteiger partial charge >= 0.3 is 0 Å². The van der Waals surface area contributed by atoms with Crippen molar-refractivity contribution in [3.8, 4) is 11.3 Å². The van der Waals surface area contributed by atoms with Gasteiger partial charge in [-0.2, -0.15) is 0 Å². The van der Waals surface area contributed by atoms with E-state index in [4.69, 9.17) is 9.40 Å². The summed E-state index contributed by atoms with van der Waals surface area (Å²) in [6, 6.07) is 10.9. The summed E-state index contributed by atoms with van der Waals surface area (Å²) >= 11 is 0. The molecule has 0 atom stereocenters. The molecule has 0 amide bonds. The fraction of sp³-hybridized carbons (Fsp3) is 0.333. The van der Waals surface area contributed by atoms with Crippen LogP contribution in [0.1, 0.15) is 36.2 Å². The summed E-state index contributed by atoms with van der Waals surface area (Å²) in [4.78, 5) is 4.80. The summed E-state index contributed by atoms with van der Waals surface area (Å²) in [5.41, 5.74) is 8.86. The Morgan fingerprint density at radius 3 is 2.44 bits per heavy atom. The highest BCUT2D eigenvalue weighted by atomic mass is 16.3. The van der Waals surface area contributed by atoms with Crippen LogP contribution in [-0.2, 0) is 13.5 Å². The van der Waals surface area contributed by atoms with Gasteiger partial charge in [-0.05, 0) is 56.4 Å². The molecule has 3 aromatic heterocycles. The van der Waals surface area contributed by atoms with E-state index in [0.717, 1.165) is 39.7 Å². The quantitative estimate of drug-likeness (QED) is 0.446. The lowest BCUT2D eigenvalue weighted by Crippen LogP contribution is -2.31. The van der Waals surface area contributed by atoms with Crippen molar-refractivity contribution in [1.82, 2.24) is 4.98 Å². The molecule has 4 aromatic rings. The van der Waals surface area contributed by atoms with Gasteiger partial charge in [0.2, 0.25) is 11.4 Å². The van der Waals surface area contributed by atoms with E-state index in [1.54, 1.807) is 0 Å². The van der Waals surface area contributed by atoms with E-state index in [2.05, 4.69) is 82.8 Å². The predicted molar refractivity (Wildman–Crippen MR) is 111 cm³/mol. The van der Waals surface area contributed by atoms with Gasteiger partial charge < -0.3 is 4.42 Å². The third-order valence-electron chi connectivity index (χ3n) is 5.39. The van der Waals surface area contributed by atoms with Gasteiger partial charge in [0.05, 0.1) is 5.56 Å². The summed E-state index contributed by atoms with van der Waals surface area (Å²) in [7, 11) is 2.10. The van der Waals surface area contributed by atoms with Gasteiger partial charge in [0.25, 0.3) is 0 Å². The molecule has 0 aliphatic heterocycles. The minimum atomic E-state index is 0.576. The fourth-order valence-electron chi connectivity index (χ4n) is 3.84. The monoisotopic (exact) mass is 359 g/mol. The molecule has 27 heavy (non-hydrogen) atoms. The maximum atomic E-state index is 6.34. The molecule has 0 radical (unpaired) electrons. The van der Waals surface area contributed by atoms with Crippen LogP contribution in [0.15, 0.2) is 40.9 Å². The minimum absolute atomic E-state index is 0.576. The number of hydrogen-bond acceptors (Lipinski definition) is 2. The van der Waals surface area contributed by atoms with Gasteiger partial charge in [0, 0.05) is 28.1 Å². The van der Waals surface area contributed by atoms with Crippen LogP contribution in [0.25, 0.3) is 33.3 Å². The maximum Gasteiger partial charge on any atom is 0.227 e. The molecular formula is C24H27N2O+. The van der Waals surface area contributed by atoms with Crippen molar-refractivity contribution in [2.75, 3.05) is 0 Å². The number of hydrogen-bond donors (Lipinski definition) is 0. The molecule has 138 valence electrons. The van der Waals surface area contributed by atoms with Gasteiger partial charge in [-0.1, -0.05) is 26.0 Å². The zero-order valence-corrected chi connectivity index (χ0v) is 17.1. The molecule has 3 heterocycles. The van der Waals surface area contributed by atoms with Crippen molar-refractivity contribution in [3.63, 3.8) is 0 Å². The van der Waals surface area contributed by atoms with Gasteiger partial charge in [-0.15, -0.1) is 0 Å². The van der Waals surface area contributed by atoms with Crippen LogP contribution in [0.5, 0.6) is 0 Å². The average Bonchev–Trinajstić information content (AvgIpc) is 2.95. The lowest BCUT2D eigenvalue weighted by Gasteiger charge is -2.07. The molecule has 0 spiro atoms. The van der Waals surface area contributed by atoms with E-state index in [0.29, 0.717) is 5.92 Å². The number of pyridine rings is 2. The summed E-state index contributed by atoms with van der Waals surface area (Å²) in [5, 5.41) is 2.22. The molecule has 0 saturated carbocycles. The van der Waals surface area contributed by atoms with Crippen molar-refractivity contribution < 1.29 is 8.98 Å². The normalized spacial score (nSPS) is 11.8. The molecular weight excluding hydrogens is 332 g/mol. The Balaban J connectivity index is 2.01. The lowest BCUT2D eigenvalue weighted by molar-refractivity contribution is -0.660. The van der Waals surface area contributed by atoms with E-state index in [9.17, 15) is 0 Å². The SMILES string of the molecule is Cc1cc(-c2c(C)ccc3c2oc2nc(CC(C)C)ccc23)[n+](C)cc1C. The first kappa shape index (κ1) is 17.7. The second-order valence-corrected chi connectivity index (χ2v) is 8.13. The van der Waals surface area contributed by atoms with Crippen LogP contribution in [0.3, 0.4) is 0 Å². The standard InChI is InChI=1S/C24H27N2O/c1-14(2)11-18-8-10-20-19-9-7-15(3)22(23(19)27-24(20)25-18)21-12-16(4)17(5)13-26(21)6/h7-10,12-14H,11H2,1-6H3/q+1. The van der Waals surface area contributed by atoms with Gasteiger partial charge in [-0.25, -0.2) is 9.55 Å². The first-order valence-electron chi connectivity index (χ1n) is 9.64. The second-order valence-electron chi connectivity index (χ2n) is 8.13. The smallest absolute Gasteiger partial charge is 0.227 e. The maximum absolute atomic E-state index is 6.34. The molecule has 0 bridgehead atoms. The minimum Gasteiger partial charge on any atom is -0.437 e. The van der Waals surface area contributed by atoms with Crippen LogP contribution < -0.4 is 4.57 Å². The number of nitrogens with zero attached hydrogens (tertiary/aromatic N) is 2. The zero-order valence-electron chi connectivity index (χ0n) is 17.1. The van der Waals surface area contributed by atoms with Crippen molar-refractivity contribution >= 4 is 22.1 Å². The van der Waals surface area contributed by atoms with Crippen molar-refractivity contribution in [2.24, 2.45) is 13.0 Å². The molecule has 0 unspecified atom stereocenters. The Labute approximate surface area is 160 Å². The highest BCUT2D eigenvalue weighted by Gasteiger charge is 2.22. The summed E-state index contributed by atoms with van der Waals surface area (Å²) < 4.78 is 8.53. The Bertz CT molecular complexity index is 1170. The Kier molecular flexibility index (Phi) is 4.26. The molecule has 4 rings (SSSR count). The largest absolute Gasteiger partial charge is 0.437 e. The van der Waals surface area contributed by atoms with Crippen LogP contribution >= 0.6 is 0 Å². The van der Waals surface area contributed by atoms with Gasteiger partial charge in [-0.3, -0.25) is 0 Å². The number of aromatic nitrogens is 2. The number of aryl methyl sites for hydroxylation is 4. The van der Waals surface area contributed by atoms with E-state index < -0.39 is 0 Å². The van der Waals surface area contributed by atoms with Crippen LogP contribution in [-0.4, -0.2) is 4.98 Å². The summed E-state index contributed by atoms with van der Waals surface area (Å²) in [5.74, 6) is 0.576. The summed E-state index contributed by atoms with van der Waals surface area (Å²) in [6.45, 7) is 10.9. The third kappa shape index (κ3) is 3.01. The predicted octanol–water partition coefficient (Wildman–Crippen LogP) is 5.60. The van der Waals surface area contributed by atoms with Crippen molar-refractivity contribution in [3.05, 3.63) is 58.9 Å². The first-order valence-corrected chi connectivity index (χ1v) is 9.64. The van der Waals surface area contributed by atoms with Gasteiger partial charge in [0.1, 0.15) is 7.05 Å². The third-order valence-corrected chi connectivity index (χ3v) is 5.39. The van der Waals surface area contributed by atoms with Crippen LogP contribution in [0, 0.1) is 26.7 Å².